The number of rotatable bonds is 8. The quantitative estimate of drug-likeness (QED) is 0.760. The summed E-state index contributed by atoms with van der Waals surface area (Å²) >= 11 is 1.65. The maximum Gasteiger partial charge on any atom is 0.352 e. The van der Waals surface area contributed by atoms with Gasteiger partial charge in [0.1, 0.15) is 10.6 Å². The summed E-state index contributed by atoms with van der Waals surface area (Å²) in [6, 6.07) is 1.00. The van der Waals surface area contributed by atoms with Crippen LogP contribution in [0.2, 0.25) is 0 Å². The van der Waals surface area contributed by atoms with E-state index in [-0.39, 0.29) is 16.6 Å². The number of carboxylic acid groups (broad SMARTS) is 1. The van der Waals surface area contributed by atoms with Crippen LogP contribution in [0.25, 0.3) is 0 Å². The summed E-state index contributed by atoms with van der Waals surface area (Å²) in [5, 5.41) is 9.04. The minimum Gasteiger partial charge on any atom is -0.477 e. The highest BCUT2D eigenvalue weighted by Crippen LogP contribution is 2.15. The molecular weight excluding hydrogens is 300 g/mol. The molecule has 0 amide bonds. The molecule has 2 N–H and O–H groups in total. The van der Waals surface area contributed by atoms with Gasteiger partial charge in [0.2, 0.25) is 10.0 Å². The van der Waals surface area contributed by atoms with Crippen molar-refractivity contribution in [3.63, 3.8) is 0 Å². The van der Waals surface area contributed by atoms with Gasteiger partial charge in [-0.3, -0.25) is 0 Å². The van der Waals surface area contributed by atoms with Crippen molar-refractivity contribution < 1.29 is 18.3 Å². The molecule has 6 nitrogen and oxygen atoms in total. The molecule has 1 rings (SSSR count). The van der Waals surface area contributed by atoms with E-state index >= 15 is 0 Å². The molecular formula is C12H20N2O4S2. The Balaban J connectivity index is 2.95. The van der Waals surface area contributed by atoms with Crippen LogP contribution in [0.15, 0.2) is 17.2 Å². The maximum absolute atomic E-state index is 12.2. The van der Waals surface area contributed by atoms with E-state index < -0.39 is 16.0 Å². The molecule has 0 saturated heterocycles. The minimum atomic E-state index is -3.68. The zero-order valence-corrected chi connectivity index (χ0v) is 13.4. The van der Waals surface area contributed by atoms with Gasteiger partial charge in [-0.2, -0.15) is 11.8 Å². The summed E-state index contributed by atoms with van der Waals surface area (Å²) in [7, 11) is -3.68. The summed E-state index contributed by atoms with van der Waals surface area (Å²) < 4.78 is 28.3. The zero-order valence-electron chi connectivity index (χ0n) is 11.8. The van der Waals surface area contributed by atoms with Gasteiger partial charge < -0.3 is 9.67 Å². The van der Waals surface area contributed by atoms with Crippen molar-refractivity contribution in [2.24, 2.45) is 0 Å². The second-order valence-corrected chi connectivity index (χ2v) is 7.16. The van der Waals surface area contributed by atoms with E-state index in [9.17, 15) is 13.2 Å². The first kappa shape index (κ1) is 17.1. The Labute approximate surface area is 123 Å². The largest absolute Gasteiger partial charge is 0.477 e. The Morgan fingerprint density at radius 3 is 2.65 bits per heavy atom. The van der Waals surface area contributed by atoms with Gasteiger partial charge in [0.15, 0.2) is 0 Å². The third kappa shape index (κ3) is 4.26. The van der Waals surface area contributed by atoms with E-state index in [1.54, 1.807) is 25.6 Å². The highest BCUT2D eigenvalue weighted by molar-refractivity contribution is 7.98. The number of carboxylic acids is 1. The highest BCUT2D eigenvalue weighted by Gasteiger charge is 2.22. The van der Waals surface area contributed by atoms with Crippen molar-refractivity contribution in [2.75, 3.05) is 12.0 Å². The highest BCUT2D eigenvalue weighted by atomic mass is 32.2. The van der Waals surface area contributed by atoms with Crippen LogP contribution in [0.1, 0.15) is 30.8 Å². The number of thioether (sulfide) groups is 1. The Hall–Kier alpha value is -0.990. The lowest BCUT2D eigenvalue weighted by atomic mass is 10.3. The molecule has 0 radical (unpaired) electrons. The molecule has 0 bridgehead atoms. The fourth-order valence-electron chi connectivity index (χ4n) is 1.76. The van der Waals surface area contributed by atoms with Gasteiger partial charge in [-0.25, -0.2) is 17.9 Å². The molecule has 8 heteroatoms. The number of hydrogen-bond donors (Lipinski definition) is 2. The Kier molecular flexibility index (Phi) is 6.09. The molecule has 1 unspecified atom stereocenters. The van der Waals surface area contributed by atoms with Crippen molar-refractivity contribution in [1.29, 1.82) is 0 Å². The van der Waals surface area contributed by atoms with E-state index in [4.69, 9.17) is 5.11 Å². The molecule has 0 aliphatic rings. The number of hydrogen-bond acceptors (Lipinski definition) is 4. The SMILES string of the molecule is CCn1cc(S(=O)(=O)NC(C)CCSC)cc1C(=O)O. The first-order valence-electron chi connectivity index (χ1n) is 6.26. The minimum absolute atomic E-state index is 0.00671. The summed E-state index contributed by atoms with van der Waals surface area (Å²) in [6.07, 6.45) is 4.04. The molecule has 0 saturated carbocycles. The van der Waals surface area contributed by atoms with Crippen molar-refractivity contribution >= 4 is 27.8 Å². The molecule has 0 spiro atoms. The van der Waals surface area contributed by atoms with E-state index in [0.717, 1.165) is 12.2 Å². The second kappa shape index (κ2) is 7.14. The Morgan fingerprint density at radius 2 is 2.20 bits per heavy atom. The van der Waals surface area contributed by atoms with Crippen LogP contribution in [0.4, 0.5) is 0 Å². The predicted octanol–water partition coefficient (Wildman–Crippen LogP) is 1.63. The number of aromatic carboxylic acids is 1. The van der Waals surface area contributed by atoms with Crippen LogP contribution in [0.3, 0.4) is 0 Å². The van der Waals surface area contributed by atoms with Crippen LogP contribution in [0.5, 0.6) is 0 Å². The molecule has 1 aromatic rings. The molecule has 1 aromatic heterocycles. The van der Waals surface area contributed by atoms with E-state index in [2.05, 4.69) is 4.72 Å². The van der Waals surface area contributed by atoms with Gasteiger partial charge in [0, 0.05) is 18.8 Å². The monoisotopic (exact) mass is 320 g/mol. The molecule has 1 atom stereocenters. The normalized spacial score (nSPS) is 13.3. The van der Waals surface area contributed by atoms with Crippen molar-refractivity contribution in [1.82, 2.24) is 9.29 Å². The van der Waals surface area contributed by atoms with Crippen molar-refractivity contribution in [3.05, 3.63) is 18.0 Å². The molecule has 0 fully saturated rings. The smallest absolute Gasteiger partial charge is 0.352 e. The predicted molar refractivity (Wildman–Crippen MR) is 79.8 cm³/mol. The maximum atomic E-state index is 12.2. The molecule has 0 aromatic carbocycles. The summed E-state index contributed by atoms with van der Waals surface area (Å²) in [4.78, 5) is 11.0. The van der Waals surface area contributed by atoms with Gasteiger partial charge in [-0.1, -0.05) is 0 Å². The van der Waals surface area contributed by atoms with E-state index in [1.165, 1.54) is 16.8 Å². The van der Waals surface area contributed by atoms with Gasteiger partial charge >= 0.3 is 5.97 Å². The van der Waals surface area contributed by atoms with Gasteiger partial charge in [-0.05, 0) is 38.3 Å². The van der Waals surface area contributed by atoms with E-state index in [1.807, 2.05) is 6.26 Å². The molecule has 114 valence electrons. The van der Waals surface area contributed by atoms with Gasteiger partial charge in [0.05, 0.1) is 0 Å². The molecule has 1 heterocycles. The number of sulfonamides is 1. The number of aryl methyl sites for hydroxylation is 1. The van der Waals surface area contributed by atoms with Crippen LogP contribution in [-0.4, -0.2) is 42.1 Å². The summed E-state index contributed by atoms with van der Waals surface area (Å²) in [5.41, 5.74) is -0.0235. The third-order valence-corrected chi connectivity index (χ3v) is 5.05. The Morgan fingerprint density at radius 1 is 1.55 bits per heavy atom. The summed E-state index contributed by atoms with van der Waals surface area (Å²) in [6.45, 7) is 3.96. The van der Waals surface area contributed by atoms with Crippen LogP contribution in [0, 0.1) is 0 Å². The van der Waals surface area contributed by atoms with Crippen LogP contribution < -0.4 is 4.72 Å². The lowest BCUT2D eigenvalue weighted by molar-refractivity contribution is 0.0685. The number of aromatic nitrogens is 1. The Bertz CT molecular complexity index is 566. The van der Waals surface area contributed by atoms with Crippen LogP contribution >= 0.6 is 11.8 Å². The zero-order chi connectivity index (χ0) is 15.3. The second-order valence-electron chi connectivity index (χ2n) is 4.46. The average molecular weight is 320 g/mol. The molecule has 20 heavy (non-hydrogen) atoms. The number of carbonyl (C=O) groups is 1. The van der Waals surface area contributed by atoms with E-state index in [0.29, 0.717) is 6.54 Å². The fourth-order valence-corrected chi connectivity index (χ4v) is 3.66. The number of nitrogens with zero attached hydrogens (tertiary/aromatic N) is 1. The average Bonchev–Trinajstić information content (AvgIpc) is 2.80. The standard InChI is InChI=1S/C12H20N2O4S2/c1-4-14-8-10(7-11(14)12(15)16)20(17,18)13-9(2)5-6-19-3/h7-9,13H,4-6H2,1-3H3,(H,15,16). The molecule has 0 aliphatic carbocycles. The first-order chi connectivity index (χ1) is 9.31. The third-order valence-electron chi connectivity index (χ3n) is 2.85. The molecule has 0 aliphatic heterocycles. The van der Waals surface area contributed by atoms with Crippen molar-refractivity contribution in [3.8, 4) is 0 Å². The fraction of sp³-hybridized carbons (Fsp3) is 0.583. The summed E-state index contributed by atoms with van der Waals surface area (Å²) in [5.74, 6) is -0.274. The number of nitrogens with one attached hydrogen (secondary N) is 1. The lowest BCUT2D eigenvalue weighted by Crippen LogP contribution is -2.32. The van der Waals surface area contributed by atoms with Gasteiger partial charge in [-0.15, -0.1) is 0 Å². The lowest BCUT2D eigenvalue weighted by Gasteiger charge is -2.12. The first-order valence-corrected chi connectivity index (χ1v) is 9.14. The van der Waals surface area contributed by atoms with Crippen molar-refractivity contribution in [2.45, 2.75) is 37.8 Å². The van der Waals surface area contributed by atoms with Crippen LogP contribution in [-0.2, 0) is 16.6 Å². The van der Waals surface area contributed by atoms with Gasteiger partial charge in [0.25, 0.3) is 0 Å². The topological polar surface area (TPSA) is 88.4 Å².